The van der Waals surface area contributed by atoms with Gasteiger partial charge in [-0.2, -0.15) is 11.8 Å². The van der Waals surface area contributed by atoms with Crippen LogP contribution >= 0.6 is 23.5 Å². The zero-order chi connectivity index (χ0) is 13.4. The number of amides is 1. The van der Waals surface area contributed by atoms with Gasteiger partial charge in [0, 0.05) is 22.9 Å². The molecule has 0 unspecified atom stereocenters. The Morgan fingerprint density at radius 2 is 1.94 bits per heavy atom. The lowest BCUT2D eigenvalue weighted by atomic mass is 10.3. The summed E-state index contributed by atoms with van der Waals surface area (Å²) in [5, 5.41) is 2.90. The average Bonchev–Trinajstić information content (AvgIpc) is 2.35. The highest BCUT2D eigenvalue weighted by Crippen LogP contribution is 2.17. The second-order valence-corrected chi connectivity index (χ2v) is 6.12. The minimum atomic E-state index is 0.0654. The number of carbonyl (C=O) groups is 1. The predicted molar refractivity (Wildman–Crippen MR) is 82.7 cm³/mol. The van der Waals surface area contributed by atoms with Gasteiger partial charge in [0.05, 0.1) is 5.75 Å². The number of nitrogens with one attached hydrogen (secondary N) is 1. The van der Waals surface area contributed by atoms with Gasteiger partial charge in [0.1, 0.15) is 0 Å². The summed E-state index contributed by atoms with van der Waals surface area (Å²) in [5.74, 6) is 1.56. The molecule has 0 atom stereocenters. The standard InChI is InChI=1S/C13H20N2OS2/c1-15(2)8-9-18-10-13(16)14-11-4-6-12(17-3)7-5-11/h4-7H,8-10H2,1-3H3,(H,14,16). The van der Waals surface area contributed by atoms with E-state index in [1.807, 2.05) is 44.6 Å². The first kappa shape index (κ1) is 15.4. The number of hydrogen-bond donors (Lipinski definition) is 1. The van der Waals surface area contributed by atoms with Gasteiger partial charge in [-0.15, -0.1) is 11.8 Å². The second-order valence-electron chi connectivity index (χ2n) is 4.13. The molecule has 18 heavy (non-hydrogen) atoms. The summed E-state index contributed by atoms with van der Waals surface area (Å²) in [6, 6.07) is 7.90. The molecule has 0 aliphatic heterocycles. The smallest absolute Gasteiger partial charge is 0.234 e. The molecule has 100 valence electrons. The summed E-state index contributed by atoms with van der Waals surface area (Å²) >= 11 is 3.35. The SMILES string of the molecule is CSc1ccc(NC(=O)CSCCN(C)C)cc1. The van der Waals surface area contributed by atoms with Crippen LogP contribution in [-0.4, -0.2) is 49.2 Å². The molecule has 1 aromatic carbocycles. The number of hydrogen-bond acceptors (Lipinski definition) is 4. The van der Waals surface area contributed by atoms with Gasteiger partial charge in [0.2, 0.25) is 5.91 Å². The monoisotopic (exact) mass is 284 g/mol. The lowest BCUT2D eigenvalue weighted by Crippen LogP contribution is -2.18. The molecule has 5 heteroatoms. The highest BCUT2D eigenvalue weighted by Gasteiger charge is 2.02. The van der Waals surface area contributed by atoms with Gasteiger partial charge < -0.3 is 10.2 Å². The van der Waals surface area contributed by atoms with Crippen molar-refractivity contribution in [2.24, 2.45) is 0 Å². The van der Waals surface area contributed by atoms with Crippen molar-refractivity contribution in [3.63, 3.8) is 0 Å². The van der Waals surface area contributed by atoms with E-state index >= 15 is 0 Å². The molecule has 0 bridgehead atoms. The third kappa shape index (κ3) is 6.33. The molecule has 3 nitrogen and oxygen atoms in total. The Morgan fingerprint density at radius 1 is 1.28 bits per heavy atom. The van der Waals surface area contributed by atoms with Crippen molar-refractivity contribution < 1.29 is 4.79 Å². The lowest BCUT2D eigenvalue weighted by Gasteiger charge is -2.09. The quantitative estimate of drug-likeness (QED) is 0.616. The molecule has 1 amide bonds. The zero-order valence-corrected chi connectivity index (χ0v) is 12.7. The molecule has 1 N–H and O–H groups in total. The van der Waals surface area contributed by atoms with Crippen LogP contribution in [-0.2, 0) is 4.79 Å². The summed E-state index contributed by atoms with van der Waals surface area (Å²) in [6.07, 6.45) is 2.04. The van der Waals surface area contributed by atoms with E-state index in [0.29, 0.717) is 5.75 Å². The van der Waals surface area contributed by atoms with E-state index in [0.717, 1.165) is 18.0 Å². The average molecular weight is 284 g/mol. The van der Waals surface area contributed by atoms with Crippen LogP contribution < -0.4 is 5.32 Å². The summed E-state index contributed by atoms with van der Waals surface area (Å²) in [6.45, 7) is 1.00. The van der Waals surface area contributed by atoms with Crippen molar-refractivity contribution in [2.75, 3.05) is 43.7 Å². The first-order chi connectivity index (χ1) is 8.61. The van der Waals surface area contributed by atoms with Crippen LogP contribution in [0.4, 0.5) is 5.69 Å². The summed E-state index contributed by atoms with van der Waals surface area (Å²) in [5.41, 5.74) is 0.867. The van der Waals surface area contributed by atoms with E-state index < -0.39 is 0 Å². The highest BCUT2D eigenvalue weighted by atomic mass is 32.2. The molecule has 0 heterocycles. The Morgan fingerprint density at radius 3 is 2.50 bits per heavy atom. The lowest BCUT2D eigenvalue weighted by molar-refractivity contribution is -0.113. The minimum Gasteiger partial charge on any atom is -0.325 e. The van der Waals surface area contributed by atoms with E-state index in [1.165, 1.54) is 4.90 Å². The molecule has 0 fully saturated rings. The van der Waals surface area contributed by atoms with Gasteiger partial charge in [-0.1, -0.05) is 0 Å². The molecule has 0 saturated heterocycles. The van der Waals surface area contributed by atoms with E-state index in [2.05, 4.69) is 10.2 Å². The van der Waals surface area contributed by atoms with E-state index in [-0.39, 0.29) is 5.91 Å². The molecule has 0 aliphatic rings. The molecule has 1 rings (SSSR count). The molecule has 0 radical (unpaired) electrons. The molecule has 0 spiro atoms. The maximum absolute atomic E-state index is 11.7. The van der Waals surface area contributed by atoms with Crippen LogP contribution in [0.2, 0.25) is 0 Å². The van der Waals surface area contributed by atoms with Crippen molar-refractivity contribution in [3.8, 4) is 0 Å². The van der Waals surface area contributed by atoms with Crippen molar-refractivity contribution >= 4 is 35.1 Å². The van der Waals surface area contributed by atoms with Crippen LogP contribution in [0, 0.1) is 0 Å². The van der Waals surface area contributed by atoms with Gasteiger partial charge in [-0.05, 0) is 44.6 Å². The van der Waals surface area contributed by atoms with Gasteiger partial charge in [0.15, 0.2) is 0 Å². The largest absolute Gasteiger partial charge is 0.325 e. The minimum absolute atomic E-state index is 0.0654. The number of nitrogens with zero attached hydrogens (tertiary/aromatic N) is 1. The Kier molecular flexibility index (Phi) is 7.23. The van der Waals surface area contributed by atoms with Gasteiger partial charge >= 0.3 is 0 Å². The number of carbonyl (C=O) groups excluding carboxylic acids is 1. The van der Waals surface area contributed by atoms with E-state index in [1.54, 1.807) is 23.5 Å². The van der Waals surface area contributed by atoms with Crippen molar-refractivity contribution in [1.82, 2.24) is 4.90 Å². The molecule has 0 saturated carbocycles. The Labute approximate surface area is 118 Å². The Balaban J connectivity index is 2.26. The van der Waals surface area contributed by atoms with Crippen molar-refractivity contribution in [1.29, 1.82) is 0 Å². The van der Waals surface area contributed by atoms with Crippen LogP contribution in [0.1, 0.15) is 0 Å². The third-order valence-electron chi connectivity index (χ3n) is 2.29. The number of benzene rings is 1. The van der Waals surface area contributed by atoms with Gasteiger partial charge in [-0.25, -0.2) is 0 Å². The first-order valence-electron chi connectivity index (χ1n) is 5.78. The van der Waals surface area contributed by atoms with Crippen molar-refractivity contribution in [2.45, 2.75) is 4.90 Å². The van der Waals surface area contributed by atoms with E-state index in [4.69, 9.17) is 0 Å². The first-order valence-corrected chi connectivity index (χ1v) is 8.16. The summed E-state index contributed by atoms with van der Waals surface area (Å²) < 4.78 is 0. The molecule has 0 aromatic heterocycles. The third-order valence-corrected chi connectivity index (χ3v) is 3.97. The van der Waals surface area contributed by atoms with Gasteiger partial charge in [-0.3, -0.25) is 4.79 Å². The van der Waals surface area contributed by atoms with Crippen LogP contribution in [0.25, 0.3) is 0 Å². The number of rotatable bonds is 7. The highest BCUT2D eigenvalue weighted by molar-refractivity contribution is 8.00. The van der Waals surface area contributed by atoms with Crippen LogP contribution in [0.5, 0.6) is 0 Å². The van der Waals surface area contributed by atoms with Crippen LogP contribution in [0.3, 0.4) is 0 Å². The normalized spacial score (nSPS) is 10.7. The molecular weight excluding hydrogens is 264 g/mol. The maximum Gasteiger partial charge on any atom is 0.234 e. The zero-order valence-electron chi connectivity index (χ0n) is 11.1. The summed E-state index contributed by atoms with van der Waals surface area (Å²) in [4.78, 5) is 15.0. The summed E-state index contributed by atoms with van der Waals surface area (Å²) in [7, 11) is 4.07. The van der Waals surface area contributed by atoms with E-state index in [9.17, 15) is 4.79 Å². The van der Waals surface area contributed by atoms with Gasteiger partial charge in [0.25, 0.3) is 0 Å². The fourth-order valence-electron chi connectivity index (χ4n) is 1.28. The molecular formula is C13H20N2OS2. The fourth-order valence-corrected chi connectivity index (χ4v) is 2.59. The predicted octanol–water partition coefficient (Wildman–Crippen LogP) is 2.64. The topological polar surface area (TPSA) is 32.3 Å². The fraction of sp³-hybridized carbons (Fsp3) is 0.462. The molecule has 0 aliphatic carbocycles. The number of anilines is 1. The second kappa shape index (κ2) is 8.45. The Bertz CT molecular complexity index is 366. The van der Waals surface area contributed by atoms with Crippen LogP contribution in [0.15, 0.2) is 29.2 Å². The number of thioether (sulfide) groups is 2. The molecule has 1 aromatic rings. The maximum atomic E-state index is 11.7. The van der Waals surface area contributed by atoms with Crippen molar-refractivity contribution in [3.05, 3.63) is 24.3 Å². The Hall–Kier alpha value is -0.650.